The highest BCUT2D eigenvalue weighted by atomic mass is 16.6. The summed E-state index contributed by atoms with van der Waals surface area (Å²) in [6, 6.07) is 0. The summed E-state index contributed by atoms with van der Waals surface area (Å²) in [7, 11) is 0. The van der Waals surface area contributed by atoms with E-state index in [1.807, 2.05) is 13.8 Å². The van der Waals surface area contributed by atoms with Gasteiger partial charge in [-0.1, -0.05) is 13.8 Å². The van der Waals surface area contributed by atoms with Gasteiger partial charge in [-0.05, 0) is 38.6 Å². The Morgan fingerprint density at radius 1 is 1.29 bits per heavy atom. The monoisotopic (exact) mass is 245 g/mol. The maximum Gasteiger partial charge on any atom is 0.306 e. The summed E-state index contributed by atoms with van der Waals surface area (Å²) < 4.78 is 10.4. The van der Waals surface area contributed by atoms with E-state index in [0.717, 1.165) is 6.42 Å². The third kappa shape index (κ3) is 9.12. The number of esters is 1. The number of rotatable bonds is 9. The summed E-state index contributed by atoms with van der Waals surface area (Å²) in [5.74, 6) is 0.604. The van der Waals surface area contributed by atoms with Gasteiger partial charge in [0.15, 0.2) is 0 Å². The third-order valence-corrected chi connectivity index (χ3v) is 2.48. The summed E-state index contributed by atoms with van der Waals surface area (Å²) in [5.41, 5.74) is 5.65. The highest BCUT2D eigenvalue weighted by molar-refractivity contribution is 5.69. The van der Waals surface area contributed by atoms with E-state index in [9.17, 15) is 4.79 Å². The van der Waals surface area contributed by atoms with Gasteiger partial charge >= 0.3 is 5.97 Å². The normalized spacial score (nSPS) is 14.7. The number of ether oxygens (including phenoxy) is 2. The molecule has 0 bridgehead atoms. The first kappa shape index (κ1) is 16.4. The van der Waals surface area contributed by atoms with E-state index in [-0.39, 0.29) is 18.0 Å². The van der Waals surface area contributed by atoms with Crippen LogP contribution in [0, 0.1) is 11.8 Å². The Kier molecular flexibility index (Phi) is 9.09. The molecule has 0 rings (SSSR count). The highest BCUT2D eigenvalue weighted by Crippen LogP contribution is 2.15. The number of hydrogen-bond acceptors (Lipinski definition) is 4. The van der Waals surface area contributed by atoms with Gasteiger partial charge in [-0.3, -0.25) is 4.79 Å². The lowest BCUT2D eigenvalue weighted by Crippen LogP contribution is -2.25. The Labute approximate surface area is 105 Å². The lowest BCUT2D eigenvalue weighted by atomic mass is 9.94. The van der Waals surface area contributed by atoms with Gasteiger partial charge in [-0.2, -0.15) is 0 Å². The summed E-state index contributed by atoms with van der Waals surface area (Å²) in [6.45, 7) is 9.65. The zero-order valence-electron chi connectivity index (χ0n) is 11.6. The van der Waals surface area contributed by atoms with E-state index in [1.54, 1.807) is 0 Å². The molecule has 4 nitrogen and oxygen atoms in total. The Morgan fingerprint density at radius 3 is 2.41 bits per heavy atom. The molecule has 0 heterocycles. The molecule has 0 aromatic heterocycles. The fourth-order valence-corrected chi connectivity index (χ4v) is 1.76. The summed E-state index contributed by atoms with van der Waals surface area (Å²) >= 11 is 0. The molecule has 0 saturated heterocycles. The van der Waals surface area contributed by atoms with Gasteiger partial charge in [0.2, 0.25) is 0 Å². The van der Waals surface area contributed by atoms with Crippen molar-refractivity contribution in [2.75, 3.05) is 19.8 Å². The molecular weight excluding hydrogens is 218 g/mol. The quantitative estimate of drug-likeness (QED) is 0.631. The second kappa shape index (κ2) is 9.42. The van der Waals surface area contributed by atoms with Gasteiger partial charge in [-0.25, -0.2) is 0 Å². The van der Waals surface area contributed by atoms with Gasteiger partial charge < -0.3 is 15.2 Å². The predicted octanol–water partition coefficient (Wildman–Crippen LogP) is 1.97. The van der Waals surface area contributed by atoms with Crippen LogP contribution in [0.1, 0.15) is 40.5 Å². The minimum absolute atomic E-state index is 0.173. The lowest BCUT2D eigenvalue weighted by Gasteiger charge is -2.18. The molecule has 4 heteroatoms. The van der Waals surface area contributed by atoms with E-state index >= 15 is 0 Å². The van der Waals surface area contributed by atoms with Crippen LogP contribution < -0.4 is 5.73 Å². The Morgan fingerprint density at radius 2 is 1.94 bits per heavy atom. The Bertz CT molecular complexity index is 207. The van der Waals surface area contributed by atoms with Crippen LogP contribution in [0.5, 0.6) is 0 Å². The van der Waals surface area contributed by atoms with Gasteiger partial charge in [-0.15, -0.1) is 0 Å². The van der Waals surface area contributed by atoms with E-state index in [0.29, 0.717) is 32.1 Å². The summed E-state index contributed by atoms with van der Waals surface area (Å²) in [4.78, 5) is 11.6. The molecule has 0 radical (unpaired) electrons. The first-order chi connectivity index (χ1) is 7.99. The molecule has 0 saturated carbocycles. The van der Waals surface area contributed by atoms with Crippen LogP contribution in [0.15, 0.2) is 0 Å². The Hall–Kier alpha value is -0.610. The van der Waals surface area contributed by atoms with Crippen molar-refractivity contribution >= 4 is 5.97 Å². The molecule has 2 unspecified atom stereocenters. The Balaban J connectivity index is 3.89. The van der Waals surface area contributed by atoms with Crippen molar-refractivity contribution in [2.45, 2.75) is 46.6 Å². The molecule has 0 aliphatic rings. The van der Waals surface area contributed by atoms with Crippen molar-refractivity contribution in [2.24, 2.45) is 17.6 Å². The van der Waals surface area contributed by atoms with E-state index in [2.05, 4.69) is 13.8 Å². The van der Waals surface area contributed by atoms with Gasteiger partial charge in [0.05, 0.1) is 6.61 Å². The first-order valence-corrected chi connectivity index (χ1v) is 6.46. The minimum atomic E-state index is -0.181. The topological polar surface area (TPSA) is 61.5 Å². The van der Waals surface area contributed by atoms with Crippen molar-refractivity contribution in [1.82, 2.24) is 0 Å². The second-order valence-electron chi connectivity index (χ2n) is 4.90. The van der Waals surface area contributed by atoms with Gasteiger partial charge in [0, 0.05) is 13.0 Å². The van der Waals surface area contributed by atoms with Gasteiger partial charge in [0.1, 0.15) is 6.10 Å². The molecule has 2 atom stereocenters. The van der Waals surface area contributed by atoms with E-state index in [4.69, 9.17) is 15.2 Å². The zero-order valence-corrected chi connectivity index (χ0v) is 11.6. The fraction of sp³-hybridized carbons (Fsp3) is 0.923. The molecule has 102 valence electrons. The maximum absolute atomic E-state index is 11.6. The summed E-state index contributed by atoms with van der Waals surface area (Å²) in [5, 5.41) is 0. The number of carbonyl (C=O) groups excluding carboxylic acids is 1. The molecule has 2 N–H and O–H groups in total. The van der Waals surface area contributed by atoms with E-state index < -0.39 is 0 Å². The zero-order chi connectivity index (χ0) is 13.3. The second-order valence-corrected chi connectivity index (χ2v) is 4.90. The lowest BCUT2D eigenvalue weighted by molar-refractivity contribution is -0.152. The summed E-state index contributed by atoms with van der Waals surface area (Å²) in [6.07, 6.45) is 1.19. The maximum atomic E-state index is 11.6. The molecular formula is C13H27NO3. The van der Waals surface area contributed by atoms with E-state index in [1.165, 1.54) is 0 Å². The minimum Gasteiger partial charge on any atom is -0.460 e. The van der Waals surface area contributed by atoms with Gasteiger partial charge in [0.25, 0.3) is 0 Å². The average Bonchev–Trinajstić information content (AvgIpc) is 2.24. The average molecular weight is 245 g/mol. The largest absolute Gasteiger partial charge is 0.460 e. The van der Waals surface area contributed by atoms with Crippen LogP contribution >= 0.6 is 0 Å². The van der Waals surface area contributed by atoms with Crippen molar-refractivity contribution < 1.29 is 14.3 Å². The molecule has 0 fully saturated rings. The van der Waals surface area contributed by atoms with Crippen molar-refractivity contribution in [3.63, 3.8) is 0 Å². The molecule has 0 amide bonds. The van der Waals surface area contributed by atoms with Crippen LogP contribution in [0.3, 0.4) is 0 Å². The number of carbonyl (C=O) groups is 1. The fourth-order valence-electron chi connectivity index (χ4n) is 1.76. The highest BCUT2D eigenvalue weighted by Gasteiger charge is 2.17. The van der Waals surface area contributed by atoms with Crippen LogP contribution in [0.4, 0.5) is 0 Å². The molecule has 0 aliphatic heterocycles. The molecule has 0 spiro atoms. The molecule has 0 aromatic carbocycles. The van der Waals surface area contributed by atoms with Crippen molar-refractivity contribution in [3.05, 3.63) is 0 Å². The SMILES string of the molecule is CCOCC(C)OC(=O)CC(CN)CC(C)C. The number of hydrogen-bond donors (Lipinski definition) is 1. The standard InChI is InChI=1S/C13H27NO3/c1-5-16-9-11(4)17-13(15)7-12(8-14)6-10(2)3/h10-12H,5-9,14H2,1-4H3. The molecule has 0 aromatic rings. The third-order valence-electron chi connectivity index (χ3n) is 2.48. The van der Waals surface area contributed by atoms with Crippen molar-refractivity contribution in [3.8, 4) is 0 Å². The van der Waals surface area contributed by atoms with Crippen LogP contribution in [-0.2, 0) is 14.3 Å². The van der Waals surface area contributed by atoms with Crippen molar-refractivity contribution in [1.29, 1.82) is 0 Å². The smallest absolute Gasteiger partial charge is 0.306 e. The van der Waals surface area contributed by atoms with Crippen LogP contribution in [0.2, 0.25) is 0 Å². The van der Waals surface area contributed by atoms with Crippen LogP contribution in [0.25, 0.3) is 0 Å². The molecule has 0 aliphatic carbocycles. The molecule has 17 heavy (non-hydrogen) atoms. The number of nitrogens with two attached hydrogens (primary N) is 1. The first-order valence-electron chi connectivity index (χ1n) is 6.46. The predicted molar refractivity (Wildman–Crippen MR) is 68.7 cm³/mol. The van der Waals surface area contributed by atoms with Crippen LogP contribution in [-0.4, -0.2) is 31.8 Å².